The molecule has 2 aromatic rings. The van der Waals surface area contributed by atoms with E-state index in [0.717, 1.165) is 38.5 Å². The van der Waals surface area contributed by atoms with Crippen LogP contribution < -0.4 is 4.74 Å². The van der Waals surface area contributed by atoms with Gasteiger partial charge >= 0.3 is 0 Å². The number of carbonyl (C=O) groups is 1. The largest absolute Gasteiger partial charge is 0.481 e. The smallest absolute Gasteiger partial charge is 0.237 e. The van der Waals surface area contributed by atoms with Crippen molar-refractivity contribution >= 4 is 11.6 Å². The number of ketones is 1. The lowest BCUT2D eigenvalue weighted by atomic mass is 9.96. The predicted molar refractivity (Wildman–Crippen MR) is 77.9 cm³/mol. The van der Waals surface area contributed by atoms with Crippen molar-refractivity contribution in [1.82, 2.24) is 14.4 Å². The second-order valence-corrected chi connectivity index (χ2v) is 6.44. The molecule has 21 heavy (non-hydrogen) atoms. The van der Waals surface area contributed by atoms with Gasteiger partial charge in [-0.25, -0.2) is 4.98 Å². The van der Waals surface area contributed by atoms with Crippen molar-refractivity contribution < 1.29 is 9.53 Å². The molecule has 0 amide bonds. The van der Waals surface area contributed by atoms with Crippen molar-refractivity contribution in [3.8, 4) is 5.88 Å². The Bertz CT molecular complexity index is 744. The van der Waals surface area contributed by atoms with Crippen molar-refractivity contribution in [3.63, 3.8) is 0 Å². The fraction of sp³-hybridized carbons (Fsp3) is 0.562. The van der Waals surface area contributed by atoms with Crippen LogP contribution in [0.4, 0.5) is 0 Å². The monoisotopic (exact) mass is 285 g/mol. The van der Waals surface area contributed by atoms with Crippen LogP contribution >= 0.6 is 0 Å². The van der Waals surface area contributed by atoms with Gasteiger partial charge in [-0.15, -0.1) is 0 Å². The molecule has 0 aromatic carbocycles. The first kappa shape index (κ1) is 12.8. The Morgan fingerprint density at radius 3 is 2.76 bits per heavy atom. The summed E-state index contributed by atoms with van der Waals surface area (Å²) in [4.78, 5) is 21.4. The molecule has 0 N–H and O–H groups in total. The average Bonchev–Trinajstić information content (AvgIpc) is 3.12. The molecule has 4 rings (SSSR count). The van der Waals surface area contributed by atoms with E-state index in [1.807, 2.05) is 17.5 Å². The summed E-state index contributed by atoms with van der Waals surface area (Å²) in [7, 11) is 1.65. The first-order valence-corrected chi connectivity index (χ1v) is 7.62. The maximum absolute atomic E-state index is 12.5. The Morgan fingerprint density at radius 1 is 1.29 bits per heavy atom. The van der Waals surface area contributed by atoms with Gasteiger partial charge in [0.15, 0.2) is 5.78 Å². The minimum atomic E-state index is -0.192. The van der Waals surface area contributed by atoms with Crippen LogP contribution in [-0.4, -0.2) is 27.3 Å². The quantitative estimate of drug-likeness (QED) is 0.813. The summed E-state index contributed by atoms with van der Waals surface area (Å²) in [5, 5.41) is 0. The zero-order valence-electron chi connectivity index (χ0n) is 12.5. The fourth-order valence-corrected chi connectivity index (χ4v) is 3.19. The Morgan fingerprint density at radius 2 is 2.05 bits per heavy atom. The van der Waals surface area contributed by atoms with E-state index in [1.165, 1.54) is 11.3 Å². The normalized spacial score (nSPS) is 19.3. The number of fused-ring (bicyclic) bond motifs is 3. The van der Waals surface area contributed by atoms with Gasteiger partial charge in [0.1, 0.15) is 5.69 Å². The molecular formula is C16H19N3O2. The number of hydrogen-bond donors (Lipinski definition) is 0. The molecule has 0 atom stereocenters. The summed E-state index contributed by atoms with van der Waals surface area (Å²) in [6.45, 7) is 2.02. The number of rotatable bonds is 3. The van der Waals surface area contributed by atoms with Gasteiger partial charge in [0.2, 0.25) is 11.7 Å². The van der Waals surface area contributed by atoms with Gasteiger partial charge in [-0.05, 0) is 38.5 Å². The van der Waals surface area contributed by atoms with E-state index in [1.54, 1.807) is 7.11 Å². The summed E-state index contributed by atoms with van der Waals surface area (Å²) >= 11 is 0. The van der Waals surface area contributed by atoms with Crippen LogP contribution in [0.2, 0.25) is 0 Å². The number of hydrogen-bond acceptors (Lipinski definition) is 4. The number of ether oxygens (including phenoxy) is 1. The molecule has 0 unspecified atom stereocenters. The van der Waals surface area contributed by atoms with Crippen molar-refractivity contribution in [1.29, 1.82) is 0 Å². The molecule has 2 heterocycles. The third kappa shape index (κ3) is 1.87. The van der Waals surface area contributed by atoms with E-state index < -0.39 is 0 Å². The molecule has 5 heteroatoms. The van der Waals surface area contributed by atoms with E-state index in [4.69, 9.17) is 4.74 Å². The standard InChI is InChI=1S/C16H19N3O2/c1-16(7-8-16)13(20)11-9-19-12-6-4-3-5-10(12)14(21-2)18-15(19)17-11/h9H,3-8H2,1-2H3. The second-order valence-electron chi connectivity index (χ2n) is 6.44. The van der Waals surface area contributed by atoms with Crippen LogP contribution in [-0.2, 0) is 12.8 Å². The molecular weight excluding hydrogens is 266 g/mol. The Balaban J connectivity index is 1.89. The van der Waals surface area contributed by atoms with E-state index in [-0.39, 0.29) is 11.2 Å². The Kier molecular flexibility index (Phi) is 2.62. The number of carbonyl (C=O) groups excluding carboxylic acids is 1. The van der Waals surface area contributed by atoms with Crippen molar-refractivity contribution in [3.05, 3.63) is 23.1 Å². The SMILES string of the molecule is COc1nc2nc(C(=O)C3(C)CC3)cn2c2c1CCCC2. The second kappa shape index (κ2) is 4.29. The van der Waals surface area contributed by atoms with Crippen LogP contribution in [0, 0.1) is 5.41 Å². The van der Waals surface area contributed by atoms with Gasteiger partial charge in [0.25, 0.3) is 0 Å². The van der Waals surface area contributed by atoms with Crippen LogP contribution in [0.1, 0.15) is 54.4 Å². The molecule has 110 valence electrons. The number of Topliss-reactive ketones (excluding diaryl/α,β-unsaturated/α-hetero) is 1. The predicted octanol–water partition coefficient (Wildman–Crippen LogP) is 2.60. The summed E-state index contributed by atoms with van der Waals surface area (Å²) in [5.74, 6) is 1.40. The third-order valence-electron chi connectivity index (χ3n) is 4.85. The molecule has 0 aliphatic heterocycles. The zero-order valence-corrected chi connectivity index (χ0v) is 12.5. The third-order valence-corrected chi connectivity index (χ3v) is 4.85. The molecule has 5 nitrogen and oxygen atoms in total. The highest BCUT2D eigenvalue weighted by molar-refractivity contribution is 6.00. The van der Waals surface area contributed by atoms with E-state index in [2.05, 4.69) is 9.97 Å². The van der Waals surface area contributed by atoms with E-state index in [9.17, 15) is 4.79 Å². The van der Waals surface area contributed by atoms with E-state index >= 15 is 0 Å². The van der Waals surface area contributed by atoms with Gasteiger partial charge in [0, 0.05) is 22.9 Å². The molecule has 2 aliphatic carbocycles. The van der Waals surface area contributed by atoms with Crippen LogP contribution in [0.15, 0.2) is 6.20 Å². The molecule has 2 aromatic heterocycles. The lowest BCUT2D eigenvalue weighted by Crippen LogP contribution is -2.12. The molecule has 0 bridgehead atoms. The van der Waals surface area contributed by atoms with Gasteiger partial charge in [-0.3, -0.25) is 9.20 Å². The summed E-state index contributed by atoms with van der Waals surface area (Å²) < 4.78 is 7.42. The molecule has 1 saturated carbocycles. The summed E-state index contributed by atoms with van der Waals surface area (Å²) in [5.41, 5.74) is 2.73. The highest BCUT2D eigenvalue weighted by atomic mass is 16.5. The topological polar surface area (TPSA) is 56.5 Å². The van der Waals surface area contributed by atoms with Crippen LogP contribution in [0.25, 0.3) is 5.78 Å². The summed E-state index contributed by atoms with van der Waals surface area (Å²) in [6, 6.07) is 0. The van der Waals surface area contributed by atoms with Crippen molar-refractivity contribution in [2.75, 3.05) is 7.11 Å². The number of methoxy groups -OCH3 is 1. The van der Waals surface area contributed by atoms with E-state index in [0.29, 0.717) is 17.4 Å². The first-order valence-electron chi connectivity index (χ1n) is 7.62. The highest BCUT2D eigenvalue weighted by Gasteiger charge is 2.46. The molecule has 0 saturated heterocycles. The fourth-order valence-electron chi connectivity index (χ4n) is 3.19. The number of aromatic nitrogens is 3. The molecule has 0 radical (unpaired) electrons. The van der Waals surface area contributed by atoms with Crippen LogP contribution in [0.3, 0.4) is 0 Å². The Labute approximate surface area is 123 Å². The first-order chi connectivity index (χ1) is 10.1. The lowest BCUT2D eigenvalue weighted by molar-refractivity contribution is 0.0908. The summed E-state index contributed by atoms with van der Waals surface area (Å²) in [6.07, 6.45) is 8.11. The molecule has 1 fully saturated rings. The Hall–Kier alpha value is -1.91. The number of imidazole rings is 1. The van der Waals surface area contributed by atoms with Gasteiger partial charge in [-0.2, -0.15) is 4.98 Å². The van der Waals surface area contributed by atoms with Gasteiger partial charge in [0.05, 0.1) is 7.11 Å². The van der Waals surface area contributed by atoms with Gasteiger partial charge < -0.3 is 4.74 Å². The average molecular weight is 285 g/mol. The molecule has 2 aliphatic rings. The molecule has 0 spiro atoms. The van der Waals surface area contributed by atoms with Gasteiger partial charge in [-0.1, -0.05) is 6.92 Å². The lowest BCUT2D eigenvalue weighted by Gasteiger charge is -2.18. The van der Waals surface area contributed by atoms with Crippen molar-refractivity contribution in [2.45, 2.75) is 45.4 Å². The number of aryl methyl sites for hydroxylation is 1. The highest BCUT2D eigenvalue weighted by Crippen LogP contribution is 2.47. The van der Waals surface area contributed by atoms with Crippen molar-refractivity contribution in [2.24, 2.45) is 5.41 Å². The number of nitrogens with zero attached hydrogens (tertiary/aromatic N) is 3. The van der Waals surface area contributed by atoms with Crippen LogP contribution in [0.5, 0.6) is 5.88 Å². The maximum Gasteiger partial charge on any atom is 0.237 e. The minimum Gasteiger partial charge on any atom is -0.481 e. The maximum atomic E-state index is 12.5. The minimum absolute atomic E-state index is 0.150. The zero-order chi connectivity index (χ0) is 14.6.